The number of aliphatic hydroxyl groups is 1. The van der Waals surface area contributed by atoms with E-state index in [1.54, 1.807) is 13.2 Å². The lowest BCUT2D eigenvalue weighted by Crippen LogP contribution is -2.08. The number of hydrogen-bond acceptors (Lipinski definition) is 2. The SMILES string of the molecule is COc1ccc(Cl)cc1C(O)CC1CCCCCC1. The molecule has 0 saturated heterocycles. The van der Waals surface area contributed by atoms with E-state index in [-0.39, 0.29) is 0 Å². The molecule has 0 bridgehead atoms. The third-order valence-corrected chi connectivity index (χ3v) is 4.32. The van der Waals surface area contributed by atoms with Crippen LogP contribution in [0.4, 0.5) is 0 Å². The van der Waals surface area contributed by atoms with Crippen LogP contribution < -0.4 is 4.74 Å². The molecule has 1 saturated carbocycles. The molecule has 0 amide bonds. The van der Waals surface area contributed by atoms with Crippen molar-refractivity contribution in [2.24, 2.45) is 5.92 Å². The molecule has 19 heavy (non-hydrogen) atoms. The van der Waals surface area contributed by atoms with Crippen molar-refractivity contribution in [2.75, 3.05) is 7.11 Å². The first-order chi connectivity index (χ1) is 9.20. The molecule has 2 rings (SSSR count). The number of rotatable bonds is 4. The van der Waals surface area contributed by atoms with E-state index in [1.165, 1.54) is 38.5 Å². The van der Waals surface area contributed by atoms with Gasteiger partial charge in [0, 0.05) is 10.6 Å². The molecule has 0 radical (unpaired) electrons. The van der Waals surface area contributed by atoms with Crippen LogP contribution in [0.25, 0.3) is 0 Å². The molecule has 0 aliphatic heterocycles. The van der Waals surface area contributed by atoms with E-state index in [0.717, 1.165) is 17.7 Å². The Kier molecular flexibility index (Phi) is 5.53. The fourth-order valence-corrected chi connectivity index (χ4v) is 3.19. The van der Waals surface area contributed by atoms with Crippen LogP contribution in [0, 0.1) is 5.92 Å². The van der Waals surface area contributed by atoms with E-state index >= 15 is 0 Å². The monoisotopic (exact) mass is 282 g/mol. The molecule has 0 heterocycles. The maximum Gasteiger partial charge on any atom is 0.124 e. The van der Waals surface area contributed by atoms with Gasteiger partial charge in [-0.25, -0.2) is 0 Å². The minimum atomic E-state index is -0.475. The van der Waals surface area contributed by atoms with Crippen LogP contribution in [-0.4, -0.2) is 12.2 Å². The summed E-state index contributed by atoms with van der Waals surface area (Å²) in [6.45, 7) is 0. The lowest BCUT2D eigenvalue weighted by molar-refractivity contribution is 0.136. The lowest BCUT2D eigenvalue weighted by Gasteiger charge is -2.20. The standard InChI is InChI=1S/C16H23ClO2/c1-19-16-9-8-13(17)11-14(16)15(18)10-12-6-4-2-3-5-7-12/h8-9,11-12,15,18H,2-7,10H2,1H3. The summed E-state index contributed by atoms with van der Waals surface area (Å²) in [5.41, 5.74) is 0.819. The van der Waals surface area contributed by atoms with Crippen LogP contribution in [0.2, 0.25) is 5.02 Å². The highest BCUT2D eigenvalue weighted by Gasteiger charge is 2.20. The Morgan fingerprint density at radius 3 is 2.58 bits per heavy atom. The van der Waals surface area contributed by atoms with E-state index in [4.69, 9.17) is 16.3 Å². The molecule has 1 atom stereocenters. The van der Waals surface area contributed by atoms with Gasteiger partial charge in [-0.1, -0.05) is 50.1 Å². The summed E-state index contributed by atoms with van der Waals surface area (Å²) in [4.78, 5) is 0. The van der Waals surface area contributed by atoms with E-state index in [1.807, 2.05) is 12.1 Å². The minimum Gasteiger partial charge on any atom is -0.496 e. The van der Waals surface area contributed by atoms with Gasteiger partial charge in [-0.2, -0.15) is 0 Å². The zero-order chi connectivity index (χ0) is 13.7. The molecule has 3 heteroatoms. The maximum atomic E-state index is 10.5. The maximum absolute atomic E-state index is 10.5. The van der Waals surface area contributed by atoms with Gasteiger partial charge in [-0.05, 0) is 30.5 Å². The average molecular weight is 283 g/mol. The minimum absolute atomic E-state index is 0.475. The highest BCUT2D eigenvalue weighted by atomic mass is 35.5. The molecular formula is C16H23ClO2. The van der Waals surface area contributed by atoms with Gasteiger partial charge in [0.2, 0.25) is 0 Å². The number of aliphatic hydroxyl groups excluding tert-OH is 1. The molecule has 1 N–H and O–H groups in total. The quantitative estimate of drug-likeness (QED) is 0.808. The Hall–Kier alpha value is -0.730. The number of methoxy groups -OCH3 is 1. The predicted molar refractivity (Wildman–Crippen MR) is 78.8 cm³/mol. The van der Waals surface area contributed by atoms with Gasteiger partial charge in [-0.15, -0.1) is 0 Å². The highest BCUT2D eigenvalue weighted by molar-refractivity contribution is 6.30. The Morgan fingerprint density at radius 2 is 1.95 bits per heavy atom. The summed E-state index contributed by atoms with van der Waals surface area (Å²) >= 11 is 6.02. The van der Waals surface area contributed by atoms with Crippen molar-refractivity contribution < 1.29 is 9.84 Å². The van der Waals surface area contributed by atoms with E-state index in [9.17, 15) is 5.11 Å². The summed E-state index contributed by atoms with van der Waals surface area (Å²) in [5, 5.41) is 11.1. The van der Waals surface area contributed by atoms with E-state index in [0.29, 0.717) is 10.9 Å². The molecule has 1 aromatic carbocycles. The predicted octanol–water partition coefficient (Wildman–Crippen LogP) is 4.74. The zero-order valence-corrected chi connectivity index (χ0v) is 12.3. The summed E-state index contributed by atoms with van der Waals surface area (Å²) in [5.74, 6) is 1.35. The first kappa shape index (κ1) is 14.7. The van der Waals surface area contributed by atoms with E-state index < -0.39 is 6.10 Å². The molecule has 1 aromatic rings. The second kappa shape index (κ2) is 7.16. The second-order valence-electron chi connectivity index (χ2n) is 5.50. The zero-order valence-electron chi connectivity index (χ0n) is 11.6. The van der Waals surface area contributed by atoms with Gasteiger partial charge < -0.3 is 9.84 Å². The van der Waals surface area contributed by atoms with Gasteiger partial charge in [0.1, 0.15) is 5.75 Å². The largest absolute Gasteiger partial charge is 0.496 e. The van der Waals surface area contributed by atoms with Crippen molar-refractivity contribution in [2.45, 2.75) is 51.0 Å². The van der Waals surface area contributed by atoms with Crippen molar-refractivity contribution in [3.8, 4) is 5.75 Å². The third kappa shape index (κ3) is 4.12. The van der Waals surface area contributed by atoms with Gasteiger partial charge in [-0.3, -0.25) is 0 Å². The van der Waals surface area contributed by atoms with Crippen molar-refractivity contribution in [3.05, 3.63) is 28.8 Å². The Bertz CT molecular complexity index is 398. The number of hydrogen-bond donors (Lipinski definition) is 1. The van der Waals surface area contributed by atoms with Crippen LogP contribution in [0.1, 0.15) is 56.6 Å². The van der Waals surface area contributed by atoms with Gasteiger partial charge >= 0.3 is 0 Å². The van der Waals surface area contributed by atoms with Crippen molar-refractivity contribution >= 4 is 11.6 Å². The molecule has 1 aliphatic rings. The molecule has 0 spiro atoms. The van der Waals surface area contributed by atoms with Crippen LogP contribution >= 0.6 is 11.6 Å². The van der Waals surface area contributed by atoms with Crippen molar-refractivity contribution in [1.82, 2.24) is 0 Å². The smallest absolute Gasteiger partial charge is 0.124 e. The lowest BCUT2D eigenvalue weighted by atomic mass is 9.91. The van der Waals surface area contributed by atoms with Crippen LogP contribution in [-0.2, 0) is 0 Å². The van der Waals surface area contributed by atoms with Crippen molar-refractivity contribution in [3.63, 3.8) is 0 Å². The van der Waals surface area contributed by atoms with Crippen LogP contribution in [0.3, 0.4) is 0 Å². The topological polar surface area (TPSA) is 29.5 Å². The summed E-state index contributed by atoms with van der Waals surface area (Å²) in [6, 6.07) is 5.44. The molecule has 1 unspecified atom stereocenters. The average Bonchev–Trinajstić information content (AvgIpc) is 2.67. The van der Waals surface area contributed by atoms with Crippen LogP contribution in [0.5, 0.6) is 5.75 Å². The normalized spacial score (nSPS) is 18.9. The Morgan fingerprint density at radius 1 is 1.26 bits per heavy atom. The van der Waals surface area contributed by atoms with Crippen LogP contribution in [0.15, 0.2) is 18.2 Å². The third-order valence-electron chi connectivity index (χ3n) is 4.08. The Balaban J connectivity index is 2.05. The fourth-order valence-electron chi connectivity index (χ4n) is 3.01. The summed E-state index contributed by atoms with van der Waals surface area (Å²) in [7, 11) is 1.63. The fraction of sp³-hybridized carbons (Fsp3) is 0.625. The van der Waals surface area contributed by atoms with Gasteiger partial charge in [0.05, 0.1) is 13.2 Å². The first-order valence-electron chi connectivity index (χ1n) is 7.22. The second-order valence-corrected chi connectivity index (χ2v) is 5.93. The Labute approximate surface area is 120 Å². The number of halogens is 1. The molecular weight excluding hydrogens is 260 g/mol. The summed E-state index contributed by atoms with van der Waals surface area (Å²) < 4.78 is 5.32. The number of ether oxygens (including phenoxy) is 1. The first-order valence-corrected chi connectivity index (χ1v) is 7.60. The molecule has 1 fully saturated rings. The molecule has 1 aliphatic carbocycles. The van der Waals surface area contributed by atoms with Crippen molar-refractivity contribution in [1.29, 1.82) is 0 Å². The highest BCUT2D eigenvalue weighted by Crippen LogP contribution is 2.35. The summed E-state index contributed by atoms with van der Waals surface area (Å²) in [6.07, 6.45) is 8.09. The van der Waals surface area contributed by atoms with Gasteiger partial charge in [0.25, 0.3) is 0 Å². The molecule has 2 nitrogen and oxygen atoms in total. The molecule has 106 valence electrons. The number of benzene rings is 1. The van der Waals surface area contributed by atoms with E-state index in [2.05, 4.69) is 0 Å². The molecule has 0 aromatic heterocycles. The van der Waals surface area contributed by atoms with Gasteiger partial charge in [0.15, 0.2) is 0 Å².